The van der Waals surface area contributed by atoms with Gasteiger partial charge < -0.3 is 9.52 Å². The van der Waals surface area contributed by atoms with Gasteiger partial charge >= 0.3 is 5.97 Å². The molecular weight excluding hydrogens is 266 g/mol. The van der Waals surface area contributed by atoms with Gasteiger partial charge in [0, 0.05) is 6.04 Å². The van der Waals surface area contributed by atoms with Gasteiger partial charge in [-0.1, -0.05) is 11.8 Å². The monoisotopic (exact) mass is 281 g/mol. The molecule has 0 aliphatic rings. The van der Waals surface area contributed by atoms with E-state index in [1.807, 2.05) is 31.4 Å². The first-order chi connectivity index (χ1) is 8.99. The van der Waals surface area contributed by atoms with Gasteiger partial charge in [0.1, 0.15) is 12.0 Å². The number of carboxylic acids is 1. The van der Waals surface area contributed by atoms with Gasteiger partial charge in [-0.25, -0.2) is 0 Å². The Labute approximate surface area is 114 Å². The summed E-state index contributed by atoms with van der Waals surface area (Å²) in [5, 5.41) is 17.5. The van der Waals surface area contributed by atoms with Gasteiger partial charge in [-0.15, -0.1) is 10.2 Å². The minimum absolute atomic E-state index is 0.0325. The molecule has 0 aliphatic carbocycles. The molecule has 6 nitrogen and oxygen atoms in total. The van der Waals surface area contributed by atoms with Crippen LogP contribution in [0.2, 0.25) is 0 Å². The number of aryl methyl sites for hydroxylation is 1. The Morgan fingerprint density at radius 1 is 1.53 bits per heavy atom. The van der Waals surface area contributed by atoms with Crippen molar-refractivity contribution in [2.24, 2.45) is 0 Å². The first-order valence-electron chi connectivity index (χ1n) is 5.84. The van der Waals surface area contributed by atoms with Crippen LogP contribution in [0.5, 0.6) is 0 Å². The lowest BCUT2D eigenvalue weighted by molar-refractivity contribution is -0.133. The van der Waals surface area contributed by atoms with E-state index in [1.165, 1.54) is 0 Å². The molecule has 0 aromatic carbocycles. The van der Waals surface area contributed by atoms with Gasteiger partial charge in [0.15, 0.2) is 11.0 Å². The number of thioether (sulfide) groups is 1. The van der Waals surface area contributed by atoms with Gasteiger partial charge in [-0.3, -0.25) is 9.36 Å². The van der Waals surface area contributed by atoms with Crippen LogP contribution in [0.15, 0.2) is 21.9 Å². The Kier molecular flexibility index (Phi) is 3.94. The molecular formula is C12H15N3O3S. The van der Waals surface area contributed by atoms with Crippen LogP contribution >= 0.6 is 11.8 Å². The number of hydrogen-bond acceptors (Lipinski definition) is 5. The van der Waals surface area contributed by atoms with E-state index in [1.54, 1.807) is 6.26 Å². The van der Waals surface area contributed by atoms with Crippen molar-refractivity contribution in [3.63, 3.8) is 0 Å². The smallest absolute Gasteiger partial charge is 0.313 e. The van der Waals surface area contributed by atoms with Crippen molar-refractivity contribution in [2.45, 2.75) is 32.0 Å². The molecule has 7 heteroatoms. The molecule has 0 fully saturated rings. The molecule has 1 N–H and O–H groups in total. The molecule has 2 aromatic heterocycles. The summed E-state index contributed by atoms with van der Waals surface area (Å²) < 4.78 is 7.19. The number of carbonyl (C=O) groups is 1. The highest BCUT2D eigenvalue weighted by Crippen LogP contribution is 2.28. The van der Waals surface area contributed by atoms with Crippen LogP contribution in [0.3, 0.4) is 0 Å². The van der Waals surface area contributed by atoms with E-state index in [-0.39, 0.29) is 11.8 Å². The maximum absolute atomic E-state index is 10.6. The number of rotatable bonds is 5. The van der Waals surface area contributed by atoms with Crippen molar-refractivity contribution in [2.75, 3.05) is 5.75 Å². The molecule has 0 spiro atoms. The third-order valence-corrected chi connectivity index (χ3v) is 3.42. The molecule has 0 unspecified atom stereocenters. The Morgan fingerprint density at radius 3 is 2.79 bits per heavy atom. The van der Waals surface area contributed by atoms with Crippen molar-refractivity contribution < 1.29 is 14.3 Å². The van der Waals surface area contributed by atoms with Crippen molar-refractivity contribution >= 4 is 17.7 Å². The Morgan fingerprint density at radius 2 is 2.26 bits per heavy atom. The maximum atomic E-state index is 10.6. The molecule has 19 heavy (non-hydrogen) atoms. The molecule has 102 valence electrons. The molecule has 0 radical (unpaired) electrons. The molecule has 0 saturated carbocycles. The van der Waals surface area contributed by atoms with Crippen molar-refractivity contribution in [3.05, 3.63) is 18.1 Å². The van der Waals surface area contributed by atoms with E-state index < -0.39 is 5.97 Å². The summed E-state index contributed by atoms with van der Waals surface area (Å²) in [6.07, 6.45) is 1.63. The molecule has 0 bridgehead atoms. The highest BCUT2D eigenvalue weighted by molar-refractivity contribution is 7.99. The third-order valence-electron chi connectivity index (χ3n) is 2.49. The second-order valence-electron chi connectivity index (χ2n) is 4.40. The highest BCUT2D eigenvalue weighted by Gasteiger charge is 2.18. The van der Waals surface area contributed by atoms with Gasteiger partial charge in [0.05, 0.1) is 11.3 Å². The minimum Gasteiger partial charge on any atom is -0.481 e. The largest absolute Gasteiger partial charge is 0.481 e. The van der Waals surface area contributed by atoms with Gasteiger partial charge in [0.2, 0.25) is 0 Å². The van der Waals surface area contributed by atoms with Crippen LogP contribution in [0, 0.1) is 6.92 Å². The van der Waals surface area contributed by atoms with Gasteiger partial charge in [-0.05, 0) is 26.8 Å². The number of carboxylic acid groups (broad SMARTS) is 1. The Balaban J connectivity index is 2.37. The zero-order valence-electron chi connectivity index (χ0n) is 11.0. The lowest BCUT2D eigenvalue weighted by Gasteiger charge is -2.12. The number of furan rings is 1. The minimum atomic E-state index is -0.871. The predicted molar refractivity (Wildman–Crippen MR) is 71.2 cm³/mol. The van der Waals surface area contributed by atoms with Gasteiger partial charge in [0.25, 0.3) is 0 Å². The molecule has 2 aromatic rings. The fourth-order valence-electron chi connectivity index (χ4n) is 1.72. The zero-order valence-corrected chi connectivity index (χ0v) is 11.8. The second kappa shape index (κ2) is 5.48. The van der Waals surface area contributed by atoms with E-state index in [0.717, 1.165) is 23.1 Å². The first-order valence-corrected chi connectivity index (χ1v) is 6.82. The zero-order chi connectivity index (χ0) is 14.0. The van der Waals surface area contributed by atoms with Gasteiger partial charge in [-0.2, -0.15) is 0 Å². The van der Waals surface area contributed by atoms with Crippen LogP contribution in [0.4, 0.5) is 0 Å². The average Bonchev–Trinajstić information content (AvgIpc) is 2.91. The van der Waals surface area contributed by atoms with E-state index in [2.05, 4.69) is 10.2 Å². The molecule has 0 saturated heterocycles. The molecule has 2 heterocycles. The normalized spacial score (nSPS) is 11.2. The number of hydrogen-bond donors (Lipinski definition) is 1. The van der Waals surface area contributed by atoms with E-state index >= 15 is 0 Å². The standard InChI is InChI=1S/C12H15N3O3S/c1-7(2)15-11(9-4-8(3)18-5-9)13-14-12(15)19-6-10(16)17/h4-5,7H,6H2,1-3H3,(H,16,17). The molecule has 0 aliphatic heterocycles. The highest BCUT2D eigenvalue weighted by atomic mass is 32.2. The van der Waals surface area contributed by atoms with E-state index in [4.69, 9.17) is 9.52 Å². The van der Waals surface area contributed by atoms with Crippen LogP contribution in [-0.2, 0) is 4.79 Å². The van der Waals surface area contributed by atoms with Crippen LogP contribution in [-0.4, -0.2) is 31.6 Å². The summed E-state index contributed by atoms with van der Waals surface area (Å²) in [4.78, 5) is 10.6. The summed E-state index contributed by atoms with van der Waals surface area (Å²) >= 11 is 1.16. The lowest BCUT2D eigenvalue weighted by Crippen LogP contribution is -2.06. The van der Waals surface area contributed by atoms with Crippen molar-refractivity contribution in [1.82, 2.24) is 14.8 Å². The Bertz CT molecular complexity index is 589. The fourth-order valence-corrected chi connectivity index (χ4v) is 2.51. The van der Waals surface area contributed by atoms with Crippen molar-refractivity contribution in [1.29, 1.82) is 0 Å². The summed E-state index contributed by atoms with van der Waals surface area (Å²) in [6.45, 7) is 5.87. The quantitative estimate of drug-likeness (QED) is 0.848. The summed E-state index contributed by atoms with van der Waals surface area (Å²) in [5.41, 5.74) is 0.848. The fraction of sp³-hybridized carbons (Fsp3) is 0.417. The molecule has 0 amide bonds. The molecule has 0 atom stereocenters. The SMILES string of the molecule is Cc1cc(-c2nnc(SCC(=O)O)n2C(C)C)co1. The van der Waals surface area contributed by atoms with Crippen LogP contribution in [0.1, 0.15) is 25.6 Å². The summed E-state index contributed by atoms with van der Waals surface area (Å²) in [6, 6.07) is 2.02. The van der Waals surface area contributed by atoms with Crippen LogP contribution < -0.4 is 0 Å². The maximum Gasteiger partial charge on any atom is 0.313 e. The third kappa shape index (κ3) is 2.98. The average molecular weight is 281 g/mol. The summed E-state index contributed by atoms with van der Waals surface area (Å²) in [7, 11) is 0. The predicted octanol–water partition coefficient (Wildman–Crippen LogP) is 2.60. The number of nitrogens with zero attached hydrogens (tertiary/aromatic N) is 3. The van der Waals surface area contributed by atoms with E-state index in [9.17, 15) is 4.79 Å². The second-order valence-corrected chi connectivity index (χ2v) is 5.34. The first kappa shape index (κ1) is 13.7. The summed E-state index contributed by atoms with van der Waals surface area (Å²) in [5.74, 6) is 0.590. The van der Waals surface area contributed by atoms with Crippen LogP contribution in [0.25, 0.3) is 11.4 Å². The lowest BCUT2D eigenvalue weighted by atomic mass is 10.3. The van der Waals surface area contributed by atoms with Crippen molar-refractivity contribution in [3.8, 4) is 11.4 Å². The number of aromatic nitrogens is 3. The number of aliphatic carboxylic acids is 1. The topological polar surface area (TPSA) is 81.1 Å². The van der Waals surface area contributed by atoms with E-state index in [0.29, 0.717) is 11.0 Å². The molecule has 2 rings (SSSR count). The Hall–Kier alpha value is -1.76.